The van der Waals surface area contributed by atoms with Crippen LogP contribution in [0.1, 0.15) is 18.4 Å². The molecule has 0 bridgehead atoms. The Labute approximate surface area is 118 Å². The number of rotatable bonds is 7. The Morgan fingerprint density at radius 2 is 2.15 bits per heavy atom. The lowest BCUT2D eigenvalue weighted by molar-refractivity contribution is -0.115. The number of carbonyl (C=O) groups excluding carboxylic acids is 1. The molecule has 1 aromatic carbocycles. The lowest BCUT2D eigenvalue weighted by Crippen LogP contribution is -2.25. The quantitative estimate of drug-likeness (QED) is 0.732. The van der Waals surface area contributed by atoms with Gasteiger partial charge >= 0.3 is 0 Å². The Morgan fingerprint density at radius 1 is 1.35 bits per heavy atom. The van der Waals surface area contributed by atoms with E-state index in [1.807, 2.05) is 0 Å². The molecule has 2 N–H and O–H groups in total. The van der Waals surface area contributed by atoms with Crippen LogP contribution >= 0.6 is 0 Å². The van der Waals surface area contributed by atoms with E-state index in [-0.39, 0.29) is 17.2 Å². The van der Waals surface area contributed by atoms with Crippen LogP contribution in [0.4, 0.5) is 5.69 Å². The zero-order chi connectivity index (χ0) is 14.6. The van der Waals surface area contributed by atoms with Crippen LogP contribution in [0.15, 0.2) is 23.1 Å². The maximum absolute atomic E-state index is 12.1. The lowest BCUT2D eigenvalue weighted by atomic mass is 10.2. The molecule has 0 spiro atoms. The molecule has 0 aliphatic carbocycles. The fourth-order valence-corrected chi connectivity index (χ4v) is 3.16. The number of carbonyl (C=O) groups is 1. The average molecular weight is 298 g/mol. The fraction of sp³-hybridized carbons (Fsp3) is 0.462. The normalized spacial score (nSPS) is 14.2. The van der Waals surface area contributed by atoms with Gasteiger partial charge in [-0.15, -0.1) is 0 Å². The number of nitrogens with one attached hydrogen (secondary N) is 2. The van der Waals surface area contributed by atoms with Crippen molar-refractivity contribution < 1.29 is 17.9 Å². The van der Waals surface area contributed by atoms with Crippen molar-refractivity contribution in [3.05, 3.63) is 23.8 Å². The summed E-state index contributed by atoms with van der Waals surface area (Å²) >= 11 is 0. The molecule has 1 amide bonds. The number of benzene rings is 1. The molecule has 0 atom stereocenters. The van der Waals surface area contributed by atoms with Gasteiger partial charge in [-0.1, -0.05) is 0 Å². The van der Waals surface area contributed by atoms with Crippen LogP contribution in [0.2, 0.25) is 0 Å². The second kappa shape index (κ2) is 6.34. The third-order valence-corrected chi connectivity index (χ3v) is 4.54. The van der Waals surface area contributed by atoms with E-state index in [0.717, 1.165) is 18.4 Å². The van der Waals surface area contributed by atoms with Crippen molar-refractivity contribution in [3.63, 3.8) is 0 Å². The summed E-state index contributed by atoms with van der Waals surface area (Å²) in [6, 6.07) is 4.67. The van der Waals surface area contributed by atoms with E-state index in [2.05, 4.69) is 10.0 Å². The highest BCUT2D eigenvalue weighted by Gasteiger charge is 2.21. The van der Waals surface area contributed by atoms with Crippen LogP contribution in [0.3, 0.4) is 0 Å². The summed E-state index contributed by atoms with van der Waals surface area (Å²) in [6.07, 6.45) is 1.76. The van der Waals surface area contributed by atoms with Crippen molar-refractivity contribution in [2.24, 2.45) is 0 Å². The number of anilines is 1. The van der Waals surface area contributed by atoms with Crippen molar-refractivity contribution in [2.75, 3.05) is 25.6 Å². The summed E-state index contributed by atoms with van der Waals surface area (Å²) in [4.78, 5) is 11.4. The lowest BCUT2D eigenvalue weighted by Gasteiger charge is -2.08. The van der Waals surface area contributed by atoms with Crippen LogP contribution in [0.5, 0.6) is 0 Å². The molecule has 110 valence electrons. The maximum Gasteiger partial charge on any atom is 0.240 e. The number of hydrogen-bond acceptors (Lipinski definition) is 4. The van der Waals surface area contributed by atoms with Gasteiger partial charge in [0.2, 0.25) is 15.9 Å². The highest BCUT2D eigenvalue weighted by atomic mass is 32.2. The van der Waals surface area contributed by atoms with Crippen LogP contribution in [0.25, 0.3) is 0 Å². The van der Waals surface area contributed by atoms with Gasteiger partial charge in [-0.2, -0.15) is 0 Å². The molecule has 0 aromatic heterocycles. The monoisotopic (exact) mass is 298 g/mol. The van der Waals surface area contributed by atoms with Crippen LogP contribution in [0, 0.1) is 0 Å². The molecule has 2 rings (SSSR count). The summed E-state index contributed by atoms with van der Waals surface area (Å²) < 4.78 is 31.6. The first-order chi connectivity index (χ1) is 9.53. The topological polar surface area (TPSA) is 84.5 Å². The van der Waals surface area contributed by atoms with Gasteiger partial charge in [0.1, 0.15) is 0 Å². The average Bonchev–Trinajstić information content (AvgIpc) is 2.77. The van der Waals surface area contributed by atoms with E-state index in [0.29, 0.717) is 18.8 Å². The van der Waals surface area contributed by atoms with E-state index in [4.69, 9.17) is 4.74 Å². The molecular formula is C13H18N2O4S. The van der Waals surface area contributed by atoms with Crippen LogP contribution in [-0.4, -0.2) is 34.6 Å². The molecule has 0 saturated heterocycles. The standard InChI is InChI=1S/C13H18N2O4S/c1-19-7-3-2-6-14-20(17,18)11-4-5-12-10(8-11)9-13(16)15-12/h4-5,8,14H,2-3,6-7,9H2,1H3,(H,15,16). The Hall–Kier alpha value is -1.44. The molecule has 0 radical (unpaired) electrons. The van der Waals surface area contributed by atoms with Crippen molar-refractivity contribution in [1.82, 2.24) is 4.72 Å². The molecule has 7 heteroatoms. The van der Waals surface area contributed by atoms with Gasteiger partial charge in [-0.05, 0) is 36.6 Å². The first kappa shape index (κ1) is 15.0. The van der Waals surface area contributed by atoms with E-state index in [9.17, 15) is 13.2 Å². The zero-order valence-corrected chi connectivity index (χ0v) is 12.1. The summed E-state index contributed by atoms with van der Waals surface area (Å²) in [7, 11) is -1.90. The largest absolute Gasteiger partial charge is 0.385 e. The van der Waals surface area contributed by atoms with Gasteiger partial charge in [0, 0.05) is 25.9 Å². The molecule has 1 heterocycles. The van der Waals surface area contributed by atoms with E-state index in [1.165, 1.54) is 6.07 Å². The molecule has 1 aliphatic rings. The molecule has 0 fully saturated rings. The molecule has 20 heavy (non-hydrogen) atoms. The van der Waals surface area contributed by atoms with Gasteiger partial charge in [-0.25, -0.2) is 13.1 Å². The number of ether oxygens (including phenoxy) is 1. The molecule has 1 aromatic rings. The minimum absolute atomic E-state index is 0.109. The summed E-state index contributed by atoms with van der Waals surface area (Å²) in [5, 5.41) is 2.67. The zero-order valence-electron chi connectivity index (χ0n) is 11.3. The Kier molecular flexibility index (Phi) is 4.74. The van der Waals surface area contributed by atoms with Gasteiger partial charge in [0.05, 0.1) is 11.3 Å². The Bertz CT molecular complexity index is 598. The summed E-state index contributed by atoms with van der Waals surface area (Å²) in [6.45, 7) is 0.994. The van der Waals surface area contributed by atoms with Gasteiger partial charge in [-0.3, -0.25) is 4.79 Å². The summed E-state index contributed by atoms with van der Waals surface area (Å²) in [5.74, 6) is -0.109. The van der Waals surface area contributed by atoms with Crippen LogP contribution in [-0.2, 0) is 26.0 Å². The van der Waals surface area contributed by atoms with E-state index in [1.54, 1.807) is 19.2 Å². The smallest absolute Gasteiger partial charge is 0.240 e. The van der Waals surface area contributed by atoms with Crippen molar-refractivity contribution in [1.29, 1.82) is 0 Å². The first-order valence-corrected chi connectivity index (χ1v) is 7.92. The number of amides is 1. The Balaban J connectivity index is 2.00. The maximum atomic E-state index is 12.1. The highest BCUT2D eigenvalue weighted by Crippen LogP contribution is 2.25. The van der Waals surface area contributed by atoms with Gasteiger partial charge in [0.15, 0.2) is 0 Å². The second-order valence-electron chi connectivity index (χ2n) is 4.64. The van der Waals surface area contributed by atoms with Crippen molar-refractivity contribution in [3.8, 4) is 0 Å². The predicted octanol–water partition coefficient (Wildman–Crippen LogP) is 0.886. The molecule has 0 saturated carbocycles. The van der Waals surface area contributed by atoms with Crippen molar-refractivity contribution >= 4 is 21.6 Å². The minimum atomic E-state index is -3.52. The van der Waals surface area contributed by atoms with Crippen LogP contribution < -0.4 is 10.0 Å². The van der Waals surface area contributed by atoms with E-state index < -0.39 is 10.0 Å². The van der Waals surface area contributed by atoms with Gasteiger partial charge < -0.3 is 10.1 Å². The second-order valence-corrected chi connectivity index (χ2v) is 6.41. The third kappa shape index (κ3) is 3.56. The SMILES string of the molecule is COCCCCNS(=O)(=O)c1ccc2c(c1)CC(=O)N2. The number of fused-ring (bicyclic) bond motifs is 1. The first-order valence-electron chi connectivity index (χ1n) is 6.44. The number of sulfonamides is 1. The number of hydrogen-bond donors (Lipinski definition) is 2. The fourth-order valence-electron chi connectivity index (χ4n) is 2.03. The third-order valence-electron chi connectivity index (χ3n) is 3.08. The molecular weight excluding hydrogens is 280 g/mol. The molecule has 6 nitrogen and oxygen atoms in total. The summed E-state index contributed by atoms with van der Waals surface area (Å²) in [5.41, 5.74) is 1.41. The predicted molar refractivity (Wildman–Crippen MR) is 75.1 cm³/mol. The minimum Gasteiger partial charge on any atom is -0.385 e. The number of methoxy groups -OCH3 is 1. The molecule has 1 aliphatic heterocycles. The van der Waals surface area contributed by atoms with Gasteiger partial charge in [0.25, 0.3) is 0 Å². The van der Waals surface area contributed by atoms with Crippen molar-refractivity contribution in [2.45, 2.75) is 24.2 Å². The number of unbranched alkanes of at least 4 members (excludes halogenated alkanes) is 1. The van der Waals surface area contributed by atoms with E-state index >= 15 is 0 Å². The molecule has 0 unspecified atom stereocenters. The highest BCUT2D eigenvalue weighted by molar-refractivity contribution is 7.89. The Morgan fingerprint density at radius 3 is 2.90 bits per heavy atom.